The highest BCUT2D eigenvalue weighted by Crippen LogP contribution is 2.37. The van der Waals surface area contributed by atoms with Crippen LogP contribution in [0.25, 0.3) is 28.0 Å². The Balaban J connectivity index is 1.46. The fourth-order valence-electron chi connectivity index (χ4n) is 6.24. The molecule has 3 heterocycles. The molecule has 0 spiro atoms. The summed E-state index contributed by atoms with van der Waals surface area (Å²) in [5.41, 5.74) is 5.04. The number of nitrogens with two attached hydrogens (primary N) is 1. The van der Waals surface area contributed by atoms with Gasteiger partial charge in [0.05, 0.1) is 17.1 Å². The minimum absolute atomic E-state index is 0.00333. The van der Waals surface area contributed by atoms with Gasteiger partial charge in [-0.2, -0.15) is 18.2 Å². The van der Waals surface area contributed by atoms with Gasteiger partial charge in [-0.05, 0) is 86.9 Å². The number of rotatable bonds is 12. The number of nitrogens with zero attached hydrogens (tertiary/aromatic N) is 2. The van der Waals surface area contributed by atoms with Crippen molar-refractivity contribution in [2.45, 2.75) is 82.5 Å². The third-order valence-corrected chi connectivity index (χ3v) is 8.62. The Morgan fingerprint density at radius 1 is 1.14 bits per heavy atom. The molecule has 1 aliphatic heterocycles. The second-order valence-electron chi connectivity index (χ2n) is 12.6. The molecule has 9 nitrogen and oxygen atoms in total. The number of hydrogen-bond acceptors (Lipinski definition) is 6. The van der Waals surface area contributed by atoms with E-state index in [1.807, 2.05) is 0 Å². The van der Waals surface area contributed by atoms with E-state index >= 15 is 0 Å². The van der Waals surface area contributed by atoms with Crippen molar-refractivity contribution in [3.05, 3.63) is 75.8 Å². The Labute approximate surface area is 282 Å². The van der Waals surface area contributed by atoms with Crippen LogP contribution in [0.3, 0.4) is 0 Å². The first-order chi connectivity index (χ1) is 23.6. The molecule has 16 heteroatoms. The maximum absolute atomic E-state index is 13.8. The second-order valence-corrected chi connectivity index (χ2v) is 12.6. The smallest absolute Gasteiger partial charge is 0.405 e. The van der Waals surface area contributed by atoms with E-state index in [0.717, 1.165) is 35.6 Å². The molecule has 1 fully saturated rings. The number of aryl methyl sites for hydroxylation is 1. The van der Waals surface area contributed by atoms with E-state index in [1.54, 1.807) is 13.0 Å². The lowest BCUT2D eigenvalue weighted by Crippen LogP contribution is -2.39. The average molecular weight is 710 g/mol. The highest BCUT2D eigenvalue weighted by molar-refractivity contribution is 5.83. The quantitative estimate of drug-likeness (QED) is 0.0607. The molecule has 6 N–H and O–H groups in total. The van der Waals surface area contributed by atoms with Crippen LogP contribution in [0.4, 0.5) is 30.7 Å². The van der Waals surface area contributed by atoms with Crippen LogP contribution >= 0.6 is 0 Å². The summed E-state index contributed by atoms with van der Waals surface area (Å²) >= 11 is 0. The van der Waals surface area contributed by atoms with Gasteiger partial charge in [-0.25, -0.2) is 9.18 Å². The lowest BCUT2D eigenvalue weighted by atomic mass is 9.91. The standard InChI is InChI=1S/C34H38F7N7O2/c1-19(42)44-11-10-25-6-3-7-28(45-25)27-9-8-26(16-30(27)50-34(39,40)41)48-18-22-15-29(46-31(22)47-32(48)49)21-12-20(4-2-5-24(43)17-35)13-23(14-21)33(36,37)38/h8-9,12-16,18,24-25,28,45H,2-7,10-11,17,43H2,1H3,(H2,42,44)(H,46,47,49)/t24-,25+,28+/m1/s1. The van der Waals surface area contributed by atoms with Crippen molar-refractivity contribution in [1.82, 2.24) is 25.2 Å². The van der Waals surface area contributed by atoms with Crippen LogP contribution in [0.2, 0.25) is 0 Å². The van der Waals surface area contributed by atoms with Gasteiger partial charge in [0.1, 0.15) is 18.1 Å². The summed E-state index contributed by atoms with van der Waals surface area (Å²) in [5.74, 6) is -0.159. The first-order valence-electron chi connectivity index (χ1n) is 16.2. The van der Waals surface area contributed by atoms with Crippen LogP contribution in [0, 0.1) is 5.41 Å². The molecule has 270 valence electrons. The number of piperidine rings is 1. The van der Waals surface area contributed by atoms with E-state index in [1.165, 1.54) is 24.4 Å². The summed E-state index contributed by atoms with van der Waals surface area (Å²) in [6.45, 7) is 1.43. The predicted octanol–water partition coefficient (Wildman–Crippen LogP) is 7.08. The fraction of sp³-hybridized carbons (Fsp3) is 0.441. The Bertz CT molecular complexity index is 1870. The van der Waals surface area contributed by atoms with Gasteiger partial charge in [0.2, 0.25) is 0 Å². The number of alkyl halides is 7. The molecule has 0 amide bonds. The summed E-state index contributed by atoms with van der Waals surface area (Å²) in [4.78, 5) is 20.0. The van der Waals surface area contributed by atoms with Crippen LogP contribution in [0.15, 0.2) is 53.5 Å². The van der Waals surface area contributed by atoms with Crippen molar-refractivity contribution < 1.29 is 35.5 Å². The zero-order chi connectivity index (χ0) is 36.2. The number of amidine groups is 1. The molecule has 0 unspecified atom stereocenters. The first-order valence-corrected chi connectivity index (χ1v) is 16.2. The number of halogens is 7. The summed E-state index contributed by atoms with van der Waals surface area (Å²) in [5, 5.41) is 14.2. The minimum Gasteiger partial charge on any atom is -0.405 e. The van der Waals surface area contributed by atoms with Gasteiger partial charge in [-0.1, -0.05) is 12.5 Å². The summed E-state index contributed by atoms with van der Waals surface area (Å²) in [6.07, 6.45) is -4.62. The number of benzene rings is 2. The van der Waals surface area contributed by atoms with E-state index in [4.69, 9.17) is 11.1 Å². The molecule has 50 heavy (non-hydrogen) atoms. The van der Waals surface area contributed by atoms with Crippen LogP contribution in [-0.4, -0.2) is 52.0 Å². The molecule has 2 aromatic heterocycles. The molecular weight excluding hydrogens is 671 g/mol. The van der Waals surface area contributed by atoms with E-state index in [2.05, 4.69) is 25.3 Å². The van der Waals surface area contributed by atoms with Crippen molar-refractivity contribution in [1.29, 1.82) is 5.41 Å². The molecule has 1 saturated heterocycles. The Kier molecular flexibility index (Phi) is 11.2. The van der Waals surface area contributed by atoms with Gasteiger partial charge in [0.15, 0.2) is 0 Å². The first kappa shape index (κ1) is 36.8. The van der Waals surface area contributed by atoms with Gasteiger partial charge in [-0.15, -0.1) is 13.2 Å². The molecule has 1 aliphatic rings. The van der Waals surface area contributed by atoms with Crippen LogP contribution in [-0.2, 0) is 12.6 Å². The van der Waals surface area contributed by atoms with Gasteiger partial charge in [-0.3, -0.25) is 9.98 Å². The summed E-state index contributed by atoms with van der Waals surface area (Å²) in [6, 6.07) is 7.96. The summed E-state index contributed by atoms with van der Waals surface area (Å²) < 4.78 is 100. The zero-order valence-corrected chi connectivity index (χ0v) is 27.1. The Hall–Kier alpha value is -4.44. The number of fused-ring (bicyclic) bond motifs is 1. The lowest BCUT2D eigenvalue weighted by Gasteiger charge is -2.32. The predicted molar refractivity (Wildman–Crippen MR) is 175 cm³/mol. The second kappa shape index (κ2) is 15.2. The van der Waals surface area contributed by atoms with E-state index in [-0.39, 0.29) is 40.6 Å². The number of H-pyrrole nitrogens is 1. The van der Waals surface area contributed by atoms with Crippen LogP contribution < -0.4 is 26.8 Å². The third-order valence-electron chi connectivity index (χ3n) is 8.62. The molecule has 0 aliphatic carbocycles. The number of hydrogen-bond donors (Lipinski definition) is 5. The molecule has 5 rings (SSSR count). The third kappa shape index (κ3) is 9.41. The van der Waals surface area contributed by atoms with Crippen molar-refractivity contribution >= 4 is 16.9 Å². The number of aromatic amines is 1. The average Bonchev–Trinajstić information content (AvgIpc) is 3.46. The Morgan fingerprint density at radius 3 is 2.62 bits per heavy atom. The van der Waals surface area contributed by atoms with E-state index < -0.39 is 48.3 Å². The fourth-order valence-corrected chi connectivity index (χ4v) is 6.24. The Morgan fingerprint density at radius 2 is 1.92 bits per heavy atom. The number of nitrogens with one attached hydrogen (secondary N) is 4. The molecule has 4 aromatic rings. The number of aromatic nitrogens is 3. The maximum atomic E-state index is 13.8. The maximum Gasteiger partial charge on any atom is 0.573 e. The molecular formula is C34H38F7N7O2. The molecule has 2 aromatic carbocycles. The molecule has 0 saturated carbocycles. The monoisotopic (exact) mass is 709 g/mol. The largest absolute Gasteiger partial charge is 0.573 e. The highest BCUT2D eigenvalue weighted by atomic mass is 19.4. The normalized spacial score (nSPS) is 17.5. The molecule has 3 atom stereocenters. The van der Waals surface area contributed by atoms with Gasteiger partial charge >= 0.3 is 18.2 Å². The van der Waals surface area contributed by atoms with E-state index in [9.17, 15) is 35.5 Å². The zero-order valence-electron chi connectivity index (χ0n) is 27.1. The van der Waals surface area contributed by atoms with Gasteiger partial charge in [0.25, 0.3) is 0 Å². The highest BCUT2D eigenvalue weighted by Gasteiger charge is 2.35. The number of ether oxygens (including phenoxy) is 1. The van der Waals surface area contributed by atoms with Crippen molar-refractivity contribution in [3.63, 3.8) is 0 Å². The topological polar surface area (TPSA) is 134 Å². The van der Waals surface area contributed by atoms with Crippen LogP contribution in [0.1, 0.15) is 68.2 Å². The van der Waals surface area contributed by atoms with Gasteiger partial charge in [0, 0.05) is 53.6 Å². The molecule has 0 radical (unpaired) electrons. The van der Waals surface area contributed by atoms with Crippen molar-refractivity contribution in [2.24, 2.45) is 5.73 Å². The molecule has 0 bridgehead atoms. The van der Waals surface area contributed by atoms with Crippen molar-refractivity contribution in [3.8, 4) is 22.7 Å². The SMILES string of the molecule is CC(=N)NCC[C@@H]1CCC[C@@H](c2ccc(-n3cc4cc(-c5cc(CCC[C@@H](N)CF)cc(C(F)(F)F)c5)[nH]c4nc3=O)cc2OC(F)(F)F)N1. The van der Waals surface area contributed by atoms with Crippen molar-refractivity contribution in [2.75, 3.05) is 13.2 Å². The lowest BCUT2D eigenvalue weighted by molar-refractivity contribution is -0.275. The van der Waals surface area contributed by atoms with Crippen LogP contribution in [0.5, 0.6) is 5.75 Å². The minimum atomic E-state index is -5.02. The summed E-state index contributed by atoms with van der Waals surface area (Å²) in [7, 11) is 0. The van der Waals surface area contributed by atoms with Gasteiger partial charge < -0.3 is 26.1 Å². The van der Waals surface area contributed by atoms with E-state index in [0.29, 0.717) is 49.0 Å².